The van der Waals surface area contributed by atoms with Crippen LogP contribution in [0, 0.1) is 6.92 Å². The van der Waals surface area contributed by atoms with E-state index in [1.165, 1.54) is 20.3 Å². The van der Waals surface area contributed by atoms with E-state index >= 15 is 0 Å². The van der Waals surface area contributed by atoms with Crippen LogP contribution >= 0.6 is 11.6 Å². The Labute approximate surface area is 181 Å². The normalized spacial score (nSPS) is 13.5. The van der Waals surface area contributed by atoms with E-state index in [9.17, 15) is 9.59 Å². The number of nitrogens with zero attached hydrogens (tertiary/aromatic N) is 1. The van der Waals surface area contributed by atoms with Crippen molar-refractivity contribution >= 4 is 35.2 Å². The molecule has 30 heavy (non-hydrogen) atoms. The summed E-state index contributed by atoms with van der Waals surface area (Å²) < 4.78 is 10.5. The van der Waals surface area contributed by atoms with Gasteiger partial charge in [-0.05, 0) is 61.2 Å². The topological polar surface area (TPSA) is 67.9 Å². The molecule has 0 radical (unpaired) electrons. The minimum atomic E-state index is -0.310. The molecule has 2 aromatic carbocycles. The molecule has 0 atom stereocenters. The highest BCUT2D eigenvalue weighted by Gasteiger charge is 2.21. The molecule has 1 aliphatic heterocycles. The third-order valence-corrected chi connectivity index (χ3v) is 5.38. The average molecular weight is 429 g/mol. The minimum Gasteiger partial charge on any atom is -0.493 e. The Morgan fingerprint density at radius 3 is 2.53 bits per heavy atom. The molecule has 1 fully saturated rings. The number of nitrogens with one attached hydrogen (secondary N) is 1. The molecule has 3 rings (SSSR count). The maximum atomic E-state index is 12.7. The van der Waals surface area contributed by atoms with Crippen LogP contribution in [0.15, 0.2) is 36.4 Å². The van der Waals surface area contributed by atoms with Crippen molar-refractivity contribution in [2.75, 3.05) is 32.6 Å². The number of rotatable bonds is 6. The van der Waals surface area contributed by atoms with E-state index in [0.717, 1.165) is 31.5 Å². The molecular weight excluding hydrogens is 404 g/mol. The highest BCUT2D eigenvalue weighted by molar-refractivity contribution is 6.32. The molecule has 1 saturated heterocycles. The molecule has 0 aliphatic carbocycles. The molecule has 0 spiro atoms. The number of hydrogen-bond acceptors (Lipinski definition) is 4. The lowest BCUT2D eigenvalue weighted by atomic mass is 10.1. The number of hydrogen-bond donors (Lipinski definition) is 1. The second kappa shape index (κ2) is 9.67. The highest BCUT2D eigenvalue weighted by Crippen LogP contribution is 2.36. The van der Waals surface area contributed by atoms with E-state index in [1.54, 1.807) is 36.4 Å². The first-order chi connectivity index (χ1) is 14.4. The molecule has 1 N–H and O–H groups in total. The van der Waals surface area contributed by atoms with Gasteiger partial charge in [0.1, 0.15) is 0 Å². The van der Waals surface area contributed by atoms with Crippen LogP contribution in [-0.2, 0) is 4.79 Å². The largest absolute Gasteiger partial charge is 0.493 e. The lowest BCUT2D eigenvalue weighted by Gasteiger charge is -2.18. The number of halogens is 1. The highest BCUT2D eigenvalue weighted by atomic mass is 35.5. The van der Waals surface area contributed by atoms with Gasteiger partial charge in [0.2, 0.25) is 5.91 Å². The van der Waals surface area contributed by atoms with Gasteiger partial charge in [0.25, 0.3) is 5.91 Å². The summed E-state index contributed by atoms with van der Waals surface area (Å²) in [5.41, 5.74) is 2.68. The van der Waals surface area contributed by atoms with Crippen molar-refractivity contribution in [2.24, 2.45) is 0 Å². The number of amides is 2. The van der Waals surface area contributed by atoms with Crippen LogP contribution < -0.4 is 14.8 Å². The van der Waals surface area contributed by atoms with Gasteiger partial charge < -0.3 is 19.7 Å². The standard InChI is InChI=1S/C23H25ClN2O4/c1-15-17(23(28)26-11-4-5-12-26)7-6-8-19(15)25-21(27)10-9-16-13-18(24)22(30-3)20(14-16)29-2/h6-10,13-14H,4-5,11-12H2,1-3H3,(H,25,27)/b10-9+. The summed E-state index contributed by atoms with van der Waals surface area (Å²) in [7, 11) is 3.03. The second-order valence-electron chi connectivity index (χ2n) is 7.04. The van der Waals surface area contributed by atoms with Crippen LogP contribution in [0.1, 0.15) is 34.3 Å². The summed E-state index contributed by atoms with van der Waals surface area (Å²) in [6.45, 7) is 3.41. The summed E-state index contributed by atoms with van der Waals surface area (Å²) >= 11 is 6.20. The molecule has 1 heterocycles. The molecule has 158 valence electrons. The summed E-state index contributed by atoms with van der Waals surface area (Å²) in [6, 6.07) is 8.79. The zero-order valence-corrected chi connectivity index (χ0v) is 18.1. The van der Waals surface area contributed by atoms with Crippen LogP contribution in [0.4, 0.5) is 5.69 Å². The van der Waals surface area contributed by atoms with Crippen molar-refractivity contribution in [1.82, 2.24) is 4.90 Å². The fourth-order valence-corrected chi connectivity index (χ4v) is 3.77. The Morgan fingerprint density at radius 2 is 1.87 bits per heavy atom. The van der Waals surface area contributed by atoms with Crippen molar-refractivity contribution < 1.29 is 19.1 Å². The smallest absolute Gasteiger partial charge is 0.254 e. The summed E-state index contributed by atoms with van der Waals surface area (Å²) in [5, 5.41) is 3.24. The third kappa shape index (κ3) is 4.76. The van der Waals surface area contributed by atoms with Crippen LogP contribution in [0.3, 0.4) is 0 Å². The van der Waals surface area contributed by atoms with Gasteiger partial charge in [0.15, 0.2) is 11.5 Å². The van der Waals surface area contributed by atoms with E-state index < -0.39 is 0 Å². The molecular formula is C23H25ClN2O4. The molecule has 0 bridgehead atoms. The van der Waals surface area contributed by atoms with Gasteiger partial charge in [-0.1, -0.05) is 17.7 Å². The number of ether oxygens (including phenoxy) is 2. The van der Waals surface area contributed by atoms with Crippen molar-refractivity contribution in [3.63, 3.8) is 0 Å². The molecule has 0 unspecified atom stereocenters. The zero-order valence-electron chi connectivity index (χ0n) is 17.3. The number of carbonyl (C=O) groups is 2. The van der Waals surface area contributed by atoms with E-state index in [-0.39, 0.29) is 11.8 Å². The average Bonchev–Trinajstić information content (AvgIpc) is 3.27. The van der Waals surface area contributed by atoms with Gasteiger partial charge in [0.05, 0.1) is 19.2 Å². The second-order valence-corrected chi connectivity index (χ2v) is 7.45. The fraction of sp³-hybridized carbons (Fsp3) is 0.304. The SMILES string of the molecule is COc1cc(/C=C/C(=O)Nc2cccc(C(=O)N3CCCC3)c2C)cc(Cl)c1OC. The van der Waals surface area contributed by atoms with Gasteiger partial charge in [-0.2, -0.15) is 0 Å². The third-order valence-electron chi connectivity index (χ3n) is 5.10. The number of anilines is 1. The number of likely N-dealkylation sites (tertiary alicyclic amines) is 1. The first-order valence-corrected chi connectivity index (χ1v) is 10.1. The fourth-order valence-electron chi connectivity index (χ4n) is 3.47. The first-order valence-electron chi connectivity index (χ1n) is 9.74. The molecule has 6 nitrogen and oxygen atoms in total. The van der Waals surface area contributed by atoms with E-state index in [0.29, 0.717) is 33.3 Å². The summed E-state index contributed by atoms with van der Waals surface area (Å²) in [6.07, 6.45) is 5.11. The Bertz CT molecular complexity index is 981. The van der Waals surface area contributed by atoms with Crippen LogP contribution in [-0.4, -0.2) is 44.0 Å². The van der Waals surface area contributed by atoms with Crippen molar-refractivity contribution in [3.05, 3.63) is 58.1 Å². The Balaban J connectivity index is 1.74. The summed E-state index contributed by atoms with van der Waals surface area (Å²) in [4.78, 5) is 27.0. The molecule has 2 amide bonds. The predicted molar refractivity (Wildman–Crippen MR) is 119 cm³/mol. The van der Waals surface area contributed by atoms with Gasteiger partial charge in [-0.25, -0.2) is 0 Å². The van der Waals surface area contributed by atoms with Crippen LogP contribution in [0.5, 0.6) is 11.5 Å². The van der Waals surface area contributed by atoms with E-state index in [4.69, 9.17) is 21.1 Å². The number of carbonyl (C=O) groups excluding carboxylic acids is 2. The molecule has 0 aromatic heterocycles. The Hall–Kier alpha value is -2.99. The first kappa shape index (κ1) is 21.7. The summed E-state index contributed by atoms with van der Waals surface area (Å²) in [5.74, 6) is 0.622. The van der Waals surface area contributed by atoms with Gasteiger partial charge in [0, 0.05) is 30.4 Å². The molecule has 0 saturated carbocycles. The Kier molecular flexibility index (Phi) is 7.00. The molecule has 1 aliphatic rings. The van der Waals surface area contributed by atoms with Crippen LogP contribution in [0.25, 0.3) is 6.08 Å². The van der Waals surface area contributed by atoms with E-state index in [1.807, 2.05) is 11.8 Å². The van der Waals surface area contributed by atoms with Gasteiger partial charge in [-0.15, -0.1) is 0 Å². The zero-order chi connectivity index (χ0) is 21.7. The number of methoxy groups -OCH3 is 2. The lowest BCUT2D eigenvalue weighted by molar-refractivity contribution is -0.111. The predicted octanol–water partition coefficient (Wildman–Crippen LogP) is 4.55. The number of benzene rings is 2. The molecule has 2 aromatic rings. The quantitative estimate of drug-likeness (QED) is 0.685. The Morgan fingerprint density at radius 1 is 1.13 bits per heavy atom. The minimum absolute atomic E-state index is 0.0108. The van der Waals surface area contributed by atoms with Crippen molar-refractivity contribution in [1.29, 1.82) is 0 Å². The van der Waals surface area contributed by atoms with E-state index in [2.05, 4.69) is 5.32 Å². The van der Waals surface area contributed by atoms with Crippen molar-refractivity contribution in [3.8, 4) is 11.5 Å². The monoisotopic (exact) mass is 428 g/mol. The van der Waals surface area contributed by atoms with Crippen molar-refractivity contribution in [2.45, 2.75) is 19.8 Å². The molecule has 7 heteroatoms. The van der Waals surface area contributed by atoms with Gasteiger partial charge in [-0.3, -0.25) is 9.59 Å². The van der Waals surface area contributed by atoms with Gasteiger partial charge >= 0.3 is 0 Å². The maximum absolute atomic E-state index is 12.7. The van der Waals surface area contributed by atoms with Crippen LogP contribution in [0.2, 0.25) is 5.02 Å². The lowest BCUT2D eigenvalue weighted by Crippen LogP contribution is -2.28. The maximum Gasteiger partial charge on any atom is 0.254 e.